The van der Waals surface area contributed by atoms with E-state index in [9.17, 15) is 14.4 Å². The number of aromatic nitrogens is 1. The lowest BCUT2D eigenvalue weighted by atomic mass is 10.3. The number of carboxylic acids is 1. The van der Waals surface area contributed by atoms with E-state index >= 15 is 0 Å². The maximum absolute atomic E-state index is 11.5. The molecule has 1 aromatic heterocycles. The van der Waals surface area contributed by atoms with E-state index in [-0.39, 0.29) is 18.0 Å². The predicted octanol–water partition coefficient (Wildman–Crippen LogP) is -0.566. The highest BCUT2D eigenvalue weighted by Crippen LogP contribution is 1.98. The molecule has 0 fully saturated rings. The van der Waals surface area contributed by atoms with Crippen molar-refractivity contribution in [1.29, 1.82) is 0 Å². The van der Waals surface area contributed by atoms with Crippen LogP contribution in [0.2, 0.25) is 0 Å². The highest BCUT2D eigenvalue weighted by Gasteiger charge is 2.17. The van der Waals surface area contributed by atoms with Crippen LogP contribution in [0, 0.1) is 6.92 Å². The van der Waals surface area contributed by atoms with Gasteiger partial charge in [-0.25, -0.2) is 4.79 Å². The van der Waals surface area contributed by atoms with Crippen LogP contribution in [0.5, 0.6) is 0 Å². The average molecular weight is 274 g/mol. The summed E-state index contributed by atoms with van der Waals surface area (Å²) in [5.74, 6) is -1.58. The molecule has 100 valence electrons. The number of ether oxygens (including phenoxy) is 1. The van der Waals surface area contributed by atoms with Crippen LogP contribution in [0.4, 0.5) is 0 Å². The standard InChI is InChI=1S/C10H14N2O5S/c1-6-5-18-10(16)12(6)4-8(13)11-3-7(17-2)9(14)15/h5,7H,3-4H2,1-2H3,(H,11,13)(H,14,15). The van der Waals surface area contributed by atoms with Gasteiger partial charge in [0.1, 0.15) is 6.54 Å². The van der Waals surface area contributed by atoms with Crippen molar-refractivity contribution in [3.05, 3.63) is 20.7 Å². The highest BCUT2D eigenvalue weighted by molar-refractivity contribution is 7.07. The number of carbonyl (C=O) groups excluding carboxylic acids is 1. The van der Waals surface area contributed by atoms with Crippen molar-refractivity contribution in [3.63, 3.8) is 0 Å². The molecule has 0 saturated heterocycles. The molecule has 0 spiro atoms. The summed E-state index contributed by atoms with van der Waals surface area (Å²) in [6, 6.07) is 0. The maximum atomic E-state index is 11.5. The molecule has 0 bridgehead atoms. The molecule has 1 heterocycles. The minimum Gasteiger partial charge on any atom is -0.479 e. The Balaban J connectivity index is 2.53. The molecule has 1 aromatic rings. The lowest BCUT2D eigenvalue weighted by Gasteiger charge is -2.11. The summed E-state index contributed by atoms with van der Waals surface area (Å²) in [4.78, 5) is 33.3. The molecule has 0 saturated carbocycles. The molecule has 0 radical (unpaired) electrons. The Bertz CT molecular complexity index is 493. The second-order valence-electron chi connectivity index (χ2n) is 3.60. The van der Waals surface area contributed by atoms with Crippen molar-refractivity contribution < 1.29 is 19.4 Å². The van der Waals surface area contributed by atoms with Crippen LogP contribution in [0.15, 0.2) is 10.2 Å². The van der Waals surface area contributed by atoms with Gasteiger partial charge in [0.2, 0.25) is 5.91 Å². The molecule has 1 rings (SSSR count). The van der Waals surface area contributed by atoms with Gasteiger partial charge in [0.25, 0.3) is 0 Å². The van der Waals surface area contributed by atoms with Crippen molar-refractivity contribution in [2.45, 2.75) is 19.6 Å². The van der Waals surface area contributed by atoms with Crippen LogP contribution >= 0.6 is 11.3 Å². The Kier molecular flexibility index (Phi) is 5.05. The molecule has 1 atom stereocenters. The van der Waals surface area contributed by atoms with E-state index < -0.39 is 18.0 Å². The average Bonchev–Trinajstić information content (AvgIpc) is 2.61. The summed E-state index contributed by atoms with van der Waals surface area (Å²) in [6.45, 7) is 1.47. The van der Waals surface area contributed by atoms with Crippen molar-refractivity contribution in [1.82, 2.24) is 9.88 Å². The number of rotatable bonds is 6. The van der Waals surface area contributed by atoms with Gasteiger partial charge < -0.3 is 15.2 Å². The maximum Gasteiger partial charge on any atom is 0.334 e. The number of aryl methyl sites for hydroxylation is 1. The molecule has 2 N–H and O–H groups in total. The molecule has 1 amide bonds. The fourth-order valence-corrected chi connectivity index (χ4v) is 2.01. The number of methoxy groups -OCH3 is 1. The van der Waals surface area contributed by atoms with Gasteiger partial charge in [-0.05, 0) is 6.92 Å². The summed E-state index contributed by atoms with van der Waals surface area (Å²) in [6.07, 6.45) is -1.09. The van der Waals surface area contributed by atoms with Gasteiger partial charge in [-0.15, -0.1) is 0 Å². The number of nitrogens with one attached hydrogen (secondary N) is 1. The quantitative estimate of drug-likeness (QED) is 0.724. The zero-order chi connectivity index (χ0) is 13.7. The van der Waals surface area contributed by atoms with Gasteiger partial charge in [-0.1, -0.05) is 11.3 Å². The fourth-order valence-electron chi connectivity index (χ4n) is 1.27. The molecule has 1 unspecified atom stereocenters. The number of thiazole rings is 1. The molecule has 8 heteroatoms. The van der Waals surface area contributed by atoms with E-state index in [1.807, 2.05) is 0 Å². The number of hydrogen-bond acceptors (Lipinski definition) is 5. The normalized spacial score (nSPS) is 12.1. The zero-order valence-corrected chi connectivity index (χ0v) is 10.8. The summed E-state index contributed by atoms with van der Waals surface area (Å²) in [5.41, 5.74) is 0.696. The summed E-state index contributed by atoms with van der Waals surface area (Å²) < 4.78 is 5.99. The first-order chi connectivity index (χ1) is 8.45. The van der Waals surface area contributed by atoms with Crippen molar-refractivity contribution in [2.75, 3.05) is 13.7 Å². The molecular formula is C10H14N2O5S. The first kappa shape index (κ1) is 14.4. The van der Waals surface area contributed by atoms with E-state index in [1.165, 1.54) is 11.7 Å². The van der Waals surface area contributed by atoms with E-state index in [0.29, 0.717) is 5.69 Å². The van der Waals surface area contributed by atoms with Crippen LogP contribution in [-0.2, 0) is 20.9 Å². The van der Waals surface area contributed by atoms with Crippen molar-refractivity contribution >= 4 is 23.2 Å². The third-order valence-corrected chi connectivity index (χ3v) is 3.20. The molecule has 18 heavy (non-hydrogen) atoms. The van der Waals surface area contributed by atoms with Crippen LogP contribution in [0.3, 0.4) is 0 Å². The Morgan fingerprint density at radius 1 is 1.61 bits per heavy atom. The van der Waals surface area contributed by atoms with Crippen LogP contribution in [0.25, 0.3) is 0 Å². The second-order valence-corrected chi connectivity index (χ2v) is 4.42. The highest BCUT2D eigenvalue weighted by atomic mass is 32.1. The molecule has 0 aliphatic heterocycles. The van der Waals surface area contributed by atoms with Gasteiger partial charge in [0.15, 0.2) is 6.10 Å². The predicted molar refractivity (Wildman–Crippen MR) is 64.8 cm³/mol. The number of hydrogen-bond donors (Lipinski definition) is 2. The number of carboxylic acid groups (broad SMARTS) is 1. The van der Waals surface area contributed by atoms with Gasteiger partial charge in [0, 0.05) is 18.2 Å². The minimum absolute atomic E-state index is 0.121. The number of nitrogens with zero attached hydrogens (tertiary/aromatic N) is 1. The Hall–Kier alpha value is -1.67. The Morgan fingerprint density at radius 3 is 2.72 bits per heavy atom. The summed E-state index contributed by atoms with van der Waals surface area (Å²) in [7, 11) is 1.25. The Labute approximate surface area is 107 Å². The third kappa shape index (κ3) is 3.67. The molecular weight excluding hydrogens is 260 g/mol. The number of aliphatic carboxylic acids is 1. The van der Waals surface area contributed by atoms with Crippen molar-refractivity contribution in [2.24, 2.45) is 0 Å². The first-order valence-corrected chi connectivity index (χ1v) is 6.01. The van der Waals surface area contributed by atoms with Crippen LogP contribution < -0.4 is 10.2 Å². The lowest BCUT2D eigenvalue weighted by Crippen LogP contribution is -2.40. The van der Waals surface area contributed by atoms with Crippen molar-refractivity contribution in [3.8, 4) is 0 Å². The van der Waals surface area contributed by atoms with E-state index in [4.69, 9.17) is 5.11 Å². The van der Waals surface area contributed by atoms with Gasteiger partial charge in [-0.3, -0.25) is 14.2 Å². The van der Waals surface area contributed by atoms with E-state index in [2.05, 4.69) is 10.1 Å². The SMILES string of the molecule is COC(CNC(=O)Cn1c(C)csc1=O)C(=O)O. The number of carbonyl (C=O) groups is 2. The summed E-state index contributed by atoms with van der Waals surface area (Å²) in [5, 5.41) is 12.8. The Morgan fingerprint density at radius 2 is 2.28 bits per heavy atom. The topological polar surface area (TPSA) is 97.6 Å². The molecule has 7 nitrogen and oxygen atoms in total. The second kappa shape index (κ2) is 6.31. The van der Waals surface area contributed by atoms with Crippen LogP contribution in [-0.4, -0.2) is 41.3 Å². The first-order valence-electron chi connectivity index (χ1n) is 5.13. The fraction of sp³-hybridized carbons (Fsp3) is 0.500. The third-order valence-electron chi connectivity index (χ3n) is 2.32. The smallest absolute Gasteiger partial charge is 0.334 e. The number of amides is 1. The van der Waals surface area contributed by atoms with Gasteiger partial charge in [0.05, 0.1) is 6.54 Å². The zero-order valence-electron chi connectivity index (χ0n) is 10.0. The molecule has 0 aliphatic carbocycles. The van der Waals surface area contributed by atoms with Gasteiger partial charge in [-0.2, -0.15) is 0 Å². The monoisotopic (exact) mass is 274 g/mol. The molecule has 0 aromatic carbocycles. The van der Waals surface area contributed by atoms with E-state index in [0.717, 1.165) is 11.3 Å². The van der Waals surface area contributed by atoms with Crippen LogP contribution in [0.1, 0.15) is 5.69 Å². The molecule has 0 aliphatic rings. The minimum atomic E-state index is -1.15. The summed E-state index contributed by atoms with van der Waals surface area (Å²) >= 11 is 1.02. The van der Waals surface area contributed by atoms with E-state index in [1.54, 1.807) is 12.3 Å². The van der Waals surface area contributed by atoms with Gasteiger partial charge >= 0.3 is 10.8 Å². The lowest BCUT2D eigenvalue weighted by molar-refractivity contribution is -0.148. The largest absolute Gasteiger partial charge is 0.479 e.